The molecule has 1 unspecified atom stereocenters. The van der Waals surface area contributed by atoms with Gasteiger partial charge in [0.05, 0.1) is 13.7 Å². The van der Waals surface area contributed by atoms with Gasteiger partial charge in [-0.3, -0.25) is 5.41 Å². The summed E-state index contributed by atoms with van der Waals surface area (Å²) in [6.45, 7) is 2.39. The Labute approximate surface area is 101 Å². The van der Waals surface area contributed by atoms with E-state index in [2.05, 4.69) is 0 Å². The van der Waals surface area contributed by atoms with Gasteiger partial charge in [0.15, 0.2) is 0 Å². The van der Waals surface area contributed by atoms with Gasteiger partial charge < -0.3 is 19.9 Å². The van der Waals surface area contributed by atoms with Gasteiger partial charge in [0, 0.05) is 18.7 Å². The molecule has 17 heavy (non-hydrogen) atoms. The highest BCUT2D eigenvalue weighted by Crippen LogP contribution is 2.23. The molecular formula is C12H18N2O3. The maximum Gasteiger partial charge on any atom is 0.124 e. The minimum Gasteiger partial charge on any atom is -0.497 e. The highest BCUT2D eigenvalue weighted by Gasteiger charge is 2.08. The number of amidine groups is 1. The van der Waals surface area contributed by atoms with Crippen molar-refractivity contribution in [2.45, 2.75) is 13.0 Å². The van der Waals surface area contributed by atoms with Gasteiger partial charge in [0.2, 0.25) is 0 Å². The maximum absolute atomic E-state index is 7.41. The summed E-state index contributed by atoms with van der Waals surface area (Å²) in [5, 5.41) is 7.41. The summed E-state index contributed by atoms with van der Waals surface area (Å²) in [6, 6.07) is 5.14. The fourth-order valence-corrected chi connectivity index (χ4v) is 1.41. The summed E-state index contributed by atoms with van der Waals surface area (Å²) in [5.41, 5.74) is 6.02. The Morgan fingerprint density at radius 2 is 1.94 bits per heavy atom. The van der Waals surface area contributed by atoms with Crippen LogP contribution in [0.5, 0.6) is 11.5 Å². The highest BCUT2D eigenvalue weighted by molar-refractivity contribution is 5.95. The zero-order valence-corrected chi connectivity index (χ0v) is 10.3. The van der Waals surface area contributed by atoms with Crippen molar-refractivity contribution in [3.8, 4) is 11.5 Å². The summed E-state index contributed by atoms with van der Waals surface area (Å²) in [5.74, 6) is 1.20. The molecule has 0 fully saturated rings. The van der Waals surface area contributed by atoms with E-state index in [4.69, 9.17) is 25.4 Å². The minimum atomic E-state index is -0.0769. The molecule has 0 bridgehead atoms. The smallest absolute Gasteiger partial charge is 0.124 e. The van der Waals surface area contributed by atoms with E-state index in [-0.39, 0.29) is 11.9 Å². The van der Waals surface area contributed by atoms with E-state index in [0.717, 1.165) is 0 Å². The fourth-order valence-electron chi connectivity index (χ4n) is 1.41. The van der Waals surface area contributed by atoms with Crippen LogP contribution in [0.1, 0.15) is 12.5 Å². The summed E-state index contributed by atoms with van der Waals surface area (Å²) in [7, 11) is 3.17. The standard InChI is InChI=1S/C12H18N2O3/c1-8(7-15-2)17-11-5-9(12(13)14)4-10(6-11)16-3/h4-6,8H,7H2,1-3H3,(H3,13,14). The first-order valence-electron chi connectivity index (χ1n) is 5.26. The molecule has 0 aliphatic heterocycles. The van der Waals surface area contributed by atoms with E-state index in [1.807, 2.05) is 6.92 Å². The molecule has 1 aromatic rings. The second kappa shape index (κ2) is 6.10. The number of benzene rings is 1. The number of ether oxygens (including phenoxy) is 3. The van der Waals surface area contributed by atoms with Crippen molar-refractivity contribution in [2.75, 3.05) is 20.8 Å². The Hall–Kier alpha value is -1.75. The van der Waals surface area contributed by atoms with Crippen molar-refractivity contribution in [2.24, 2.45) is 5.73 Å². The molecule has 0 aliphatic rings. The van der Waals surface area contributed by atoms with Crippen LogP contribution in [0, 0.1) is 5.41 Å². The Morgan fingerprint density at radius 1 is 1.29 bits per heavy atom. The number of rotatable bonds is 6. The van der Waals surface area contributed by atoms with E-state index in [1.165, 1.54) is 0 Å². The van der Waals surface area contributed by atoms with E-state index >= 15 is 0 Å². The third-order valence-electron chi connectivity index (χ3n) is 2.17. The van der Waals surface area contributed by atoms with E-state index in [0.29, 0.717) is 23.7 Å². The molecule has 1 aromatic carbocycles. The molecule has 0 spiro atoms. The second-order valence-corrected chi connectivity index (χ2v) is 3.69. The summed E-state index contributed by atoms with van der Waals surface area (Å²) in [6.07, 6.45) is -0.0769. The lowest BCUT2D eigenvalue weighted by Gasteiger charge is -2.15. The number of nitrogens with one attached hydrogen (secondary N) is 1. The monoisotopic (exact) mass is 238 g/mol. The normalized spacial score (nSPS) is 11.9. The number of methoxy groups -OCH3 is 2. The lowest BCUT2D eigenvalue weighted by molar-refractivity contribution is 0.0919. The van der Waals surface area contributed by atoms with Crippen molar-refractivity contribution in [1.82, 2.24) is 0 Å². The molecule has 1 atom stereocenters. The predicted molar refractivity (Wildman–Crippen MR) is 66.0 cm³/mol. The molecule has 0 amide bonds. The fraction of sp³-hybridized carbons (Fsp3) is 0.417. The first-order chi connectivity index (χ1) is 8.06. The number of nitrogens with two attached hydrogens (primary N) is 1. The highest BCUT2D eigenvalue weighted by atomic mass is 16.5. The first-order valence-corrected chi connectivity index (χ1v) is 5.26. The lowest BCUT2D eigenvalue weighted by atomic mass is 10.2. The molecule has 0 aromatic heterocycles. The van der Waals surface area contributed by atoms with Crippen LogP contribution in [-0.2, 0) is 4.74 Å². The van der Waals surface area contributed by atoms with Crippen LogP contribution in [0.2, 0.25) is 0 Å². The third-order valence-corrected chi connectivity index (χ3v) is 2.17. The maximum atomic E-state index is 7.41. The largest absolute Gasteiger partial charge is 0.497 e. The van der Waals surface area contributed by atoms with Gasteiger partial charge in [-0.1, -0.05) is 0 Å². The van der Waals surface area contributed by atoms with E-state index in [9.17, 15) is 0 Å². The quantitative estimate of drug-likeness (QED) is 0.580. The summed E-state index contributed by atoms with van der Waals surface area (Å²) in [4.78, 5) is 0. The molecule has 3 N–H and O–H groups in total. The van der Waals surface area contributed by atoms with Crippen LogP contribution < -0.4 is 15.2 Å². The van der Waals surface area contributed by atoms with E-state index in [1.54, 1.807) is 32.4 Å². The second-order valence-electron chi connectivity index (χ2n) is 3.69. The topological polar surface area (TPSA) is 77.6 Å². The Bertz CT molecular complexity index is 393. The molecule has 0 heterocycles. The van der Waals surface area contributed by atoms with Crippen molar-refractivity contribution < 1.29 is 14.2 Å². The Kier molecular flexibility index (Phi) is 4.78. The molecule has 5 nitrogen and oxygen atoms in total. The number of hydrogen-bond acceptors (Lipinski definition) is 4. The minimum absolute atomic E-state index is 0.0202. The van der Waals surface area contributed by atoms with Gasteiger partial charge in [-0.05, 0) is 19.1 Å². The SMILES string of the molecule is COCC(C)Oc1cc(OC)cc(C(=N)N)c1. The third kappa shape index (κ3) is 3.96. The van der Waals surface area contributed by atoms with Gasteiger partial charge in [-0.15, -0.1) is 0 Å². The molecule has 5 heteroatoms. The van der Waals surface area contributed by atoms with Crippen LogP contribution in [0.25, 0.3) is 0 Å². The van der Waals surface area contributed by atoms with Gasteiger partial charge in [-0.25, -0.2) is 0 Å². The van der Waals surface area contributed by atoms with Crippen LogP contribution in [0.3, 0.4) is 0 Å². The molecule has 0 saturated carbocycles. The summed E-state index contributed by atoms with van der Waals surface area (Å²) >= 11 is 0. The Balaban J connectivity index is 2.90. The van der Waals surface area contributed by atoms with Gasteiger partial charge >= 0.3 is 0 Å². The van der Waals surface area contributed by atoms with Gasteiger partial charge in [-0.2, -0.15) is 0 Å². The van der Waals surface area contributed by atoms with Crippen molar-refractivity contribution in [3.05, 3.63) is 23.8 Å². The zero-order valence-electron chi connectivity index (χ0n) is 10.3. The van der Waals surface area contributed by atoms with Crippen LogP contribution in [0.15, 0.2) is 18.2 Å². The predicted octanol–water partition coefficient (Wildman–Crippen LogP) is 1.39. The molecule has 0 radical (unpaired) electrons. The van der Waals surface area contributed by atoms with Gasteiger partial charge in [0.25, 0.3) is 0 Å². The molecule has 0 saturated heterocycles. The lowest BCUT2D eigenvalue weighted by Crippen LogP contribution is -2.18. The van der Waals surface area contributed by atoms with Crippen LogP contribution in [0.4, 0.5) is 0 Å². The van der Waals surface area contributed by atoms with Crippen molar-refractivity contribution >= 4 is 5.84 Å². The molecule has 94 valence electrons. The van der Waals surface area contributed by atoms with Crippen molar-refractivity contribution in [3.63, 3.8) is 0 Å². The van der Waals surface area contributed by atoms with Crippen LogP contribution in [-0.4, -0.2) is 32.8 Å². The Morgan fingerprint density at radius 3 is 2.47 bits per heavy atom. The van der Waals surface area contributed by atoms with Gasteiger partial charge in [0.1, 0.15) is 23.4 Å². The number of nitrogen functional groups attached to an aromatic ring is 1. The molecule has 0 aliphatic carbocycles. The molecular weight excluding hydrogens is 220 g/mol. The van der Waals surface area contributed by atoms with Crippen LogP contribution >= 0.6 is 0 Å². The summed E-state index contributed by atoms with van der Waals surface area (Å²) < 4.78 is 15.7. The number of hydrogen-bond donors (Lipinski definition) is 2. The zero-order chi connectivity index (χ0) is 12.8. The molecule has 1 rings (SSSR count). The van der Waals surface area contributed by atoms with E-state index < -0.39 is 0 Å². The first kappa shape index (κ1) is 13.3. The average Bonchev–Trinajstić information content (AvgIpc) is 2.28. The average molecular weight is 238 g/mol. The van der Waals surface area contributed by atoms with Crippen molar-refractivity contribution in [1.29, 1.82) is 5.41 Å².